The van der Waals surface area contributed by atoms with Crippen LogP contribution in [0, 0.1) is 0 Å². The van der Waals surface area contributed by atoms with E-state index in [2.05, 4.69) is 16.4 Å². The molecule has 2 rings (SSSR count). The highest BCUT2D eigenvalue weighted by atomic mass is 16.1. The zero-order chi connectivity index (χ0) is 12.3. The summed E-state index contributed by atoms with van der Waals surface area (Å²) in [5.41, 5.74) is 3.17. The van der Waals surface area contributed by atoms with E-state index in [4.69, 9.17) is 0 Å². The van der Waals surface area contributed by atoms with Gasteiger partial charge in [-0.15, -0.1) is 0 Å². The van der Waals surface area contributed by atoms with Crippen LogP contribution in [0.1, 0.15) is 19.8 Å². The first-order chi connectivity index (χ1) is 8.16. The van der Waals surface area contributed by atoms with Crippen LogP contribution in [0.4, 0.5) is 5.69 Å². The molecule has 0 unspecified atom stereocenters. The Bertz CT molecular complexity index is 530. The van der Waals surface area contributed by atoms with E-state index >= 15 is 0 Å². The fourth-order valence-corrected chi connectivity index (χ4v) is 1.82. The lowest BCUT2D eigenvalue weighted by molar-refractivity contribution is -0.117. The first-order valence-corrected chi connectivity index (χ1v) is 5.81. The number of benzene rings is 1. The van der Waals surface area contributed by atoms with Gasteiger partial charge in [-0.2, -0.15) is 0 Å². The number of anilines is 1. The lowest BCUT2D eigenvalue weighted by atomic mass is 10.2. The zero-order valence-corrected chi connectivity index (χ0v) is 10.2. The Kier molecular flexibility index (Phi) is 3.42. The summed E-state index contributed by atoms with van der Waals surface area (Å²) >= 11 is 0. The number of nitrogens with zero attached hydrogens (tertiary/aromatic N) is 2. The highest BCUT2D eigenvalue weighted by Gasteiger charge is 2.00. The molecule has 0 aliphatic carbocycles. The van der Waals surface area contributed by atoms with Crippen molar-refractivity contribution in [1.82, 2.24) is 9.55 Å². The summed E-state index contributed by atoms with van der Waals surface area (Å²) in [5.74, 6) is 0.243. The van der Waals surface area contributed by atoms with Crippen LogP contribution in [-0.4, -0.2) is 21.9 Å². The van der Waals surface area contributed by atoms with E-state index in [0.29, 0.717) is 6.42 Å². The minimum atomic E-state index is 0.243. The maximum Gasteiger partial charge on any atom is 0.129 e. The summed E-state index contributed by atoms with van der Waals surface area (Å²) < 4.78 is 1.99. The Morgan fingerprint density at radius 2 is 2.29 bits per heavy atom. The molecule has 1 aromatic heterocycles. The fourth-order valence-electron chi connectivity index (χ4n) is 1.82. The van der Waals surface area contributed by atoms with Crippen molar-refractivity contribution in [3.05, 3.63) is 24.5 Å². The Morgan fingerprint density at radius 3 is 3.06 bits per heavy atom. The molecule has 2 aromatic rings. The minimum absolute atomic E-state index is 0.243. The number of imidazole rings is 1. The molecule has 4 nitrogen and oxygen atoms in total. The first-order valence-electron chi connectivity index (χ1n) is 5.81. The standard InChI is InChI=1S/C13H17N3O/c1-10(17)4-3-7-14-11-5-6-13-12(8-11)15-9-16(13)2/h5-6,8-9,14H,3-4,7H2,1-2H3. The van der Waals surface area contributed by atoms with E-state index < -0.39 is 0 Å². The number of carbonyl (C=O) groups is 1. The van der Waals surface area contributed by atoms with Crippen molar-refractivity contribution in [2.45, 2.75) is 19.8 Å². The van der Waals surface area contributed by atoms with E-state index in [9.17, 15) is 4.79 Å². The second-order valence-corrected chi connectivity index (χ2v) is 4.29. The molecule has 0 radical (unpaired) electrons. The van der Waals surface area contributed by atoms with Gasteiger partial charge in [-0.3, -0.25) is 0 Å². The molecule has 1 N–H and O–H groups in total. The number of aromatic nitrogens is 2. The summed E-state index contributed by atoms with van der Waals surface area (Å²) in [6.45, 7) is 2.44. The Balaban J connectivity index is 1.97. The third kappa shape index (κ3) is 2.84. The Morgan fingerprint density at radius 1 is 1.47 bits per heavy atom. The third-order valence-corrected chi connectivity index (χ3v) is 2.76. The number of rotatable bonds is 5. The van der Waals surface area contributed by atoms with Crippen molar-refractivity contribution in [2.24, 2.45) is 7.05 Å². The Hall–Kier alpha value is -1.84. The van der Waals surface area contributed by atoms with Gasteiger partial charge < -0.3 is 14.7 Å². The molecule has 0 bridgehead atoms. The highest BCUT2D eigenvalue weighted by Crippen LogP contribution is 2.17. The quantitative estimate of drug-likeness (QED) is 0.803. The van der Waals surface area contributed by atoms with Crippen LogP contribution in [0.3, 0.4) is 0 Å². The monoisotopic (exact) mass is 231 g/mol. The second kappa shape index (κ2) is 4.99. The molecular formula is C13H17N3O. The van der Waals surface area contributed by atoms with E-state index in [1.807, 2.05) is 30.1 Å². The van der Waals surface area contributed by atoms with Gasteiger partial charge in [0.05, 0.1) is 17.4 Å². The molecule has 0 atom stereocenters. The molecule has 17 heavy (non-hydrogen) atoms. The van der Waals surface area contributed by atoms with Gasteiger partial charge in [0.15, 0.2) is 0 Å². The minimum Gasteiger partial charge on any atom is -0.385 e. The number of ketones is 1. The van der Waals surface area contributed by atoms with Crippen molar-refractivity contribution in [3.63, 3.8) is 0 Å². The molecule has 0 saturated heterocycles. The summed E-state index contributed by atoms with van der Waals surface area (Å²) in [7, 11) is 1.98. The summed E-state index contributed by atoms with van der Waals surface area (Å²) in [4.78, 5) is 15.1. The summed E-state index contributed by atoms with van der Waals surface area (Å²) in [6.07, 6.45) is 3.32. The number of Topliss-reactive ketones (excluding diaryl/α,β-unsaturated/α-hetero) is 1. The number of hydrogen-bond acceptors (Lipinski definition) is 3. The molecule has 0 amide bonds. The maximum absolute atomic E-state index is 10.8. The van der Waals surface area contributed by atoms with Gasteiger partial charge in [-0.1, -0.05) is 0 Å². The van der Waals surface area contributed by atoms with Crippen molar-refractivity contribution in [3.8, 4) is 0 Å². The van der Waals surface area contributed by atoms with Crippen LogP contribution < -0.4 is 5.32 Å². The van der Waals surface area contributed by atoms with E-state index in [1.165, 1.54) is 0 Å². The van der Waals surface area contributed by atoms with E-state index in [1.54, 1.807) is 6.92 Å². The summed E-state index contributed by atoms with van der Waals surface area (Å²) in [5, 5.41) is 3.30. The van der Waals surface area contributed by atoms with Gasteiger partial charge in [-0.25, -0.2) is 4.98 Å². The van der Waals surface area contributed by atoms with Crippen LogP contribution in [-0.2, 0) is 11.8 Å². The normalized spacial score (nSPS) is 10.7. The van der Waals surface area contributed by atoms with Gasteiger partial charge in [0, 0.05) is 25.7 Å². The fraction of sp³-hybridized carbons (Fsp3) is 0.385. The number of nitrogens with one attached hydrogen (secondary N) is 1. The Labute approximate surface area is 101 Å². The maximum atomic E-state index is 10.8. The number of hydrogen-bond donors (Lipinski definition) is 1. The van der Waals surface area contributed by atoms with Gasteiger partial charge in [0.25, 0.3) is 0 Å². The van der Waals surface area contributed by atoms with Crippen molar-refractivity contribution in [2.75, 3.05) is 11.9 Å². The molecule has 0 spiro atoms. The average molecular weight is 231 g/mol. The largest absolute Gasteiger partial charge is 0.385 e. The molecule has 1 aromatic carbocycles. The molecule has 90 valence electrons. The number of carbonyl (C=O) groups excluding carboxylic acids is 1. The van der Waals surface area contributed by atoms with Gasteiger partial charge in [0.1, 0.15) is 5.78 Å². The molecule has 0 aliphatic heterocycles. The van der Waals surface area contributed by atoms with Crippen molar-refractivity contribution in [1.29, 1.82) is 0 Å². The third-order valence-electron chi connectivity index (χ3n) is 2.76. The van der Waals surface area contributed by atoms with Crippen LogP contribution in [0.2, 0.25) is 0 Å². The molecule has 1 heterocycles. The van der Waals surface area contributed by atoms with Crippen LogP contribution in [0.5, 0.6) is 0 Å². The predicted octanol–water partition coefficient (Wildman–Crippen LogP) is 2.35. The molecule has 0 saturated carbocycles. The molecular weight excluding hydrogens is 214 g/mol. The lowest BCUT2D eigenvalue weighted by Gasteiger charge is -2.05. The topological polar surface area (TPSA) is 46.9 Å². The summed E-state index contributed by atoms with van der Waals surface area (Å²) in [6, 6.07) is 6.12. The zero-order valence-electron chi connectivity index (χ0n) is 10.2. The second-order valence-electron chi connectivity index (χ2n) is 4.29. The number of aryl methyl sites for hydroxylation is 1. The molecule has 4 heteroatoms. The highest BCUT2D eigenvalue weighted by molar-refractivity contribution is 5.79. The van der Waals surface area contributed by atoms with Crippen LogP contribution in [0.25, 0.3) is 11.0 Å². The smallest absolute Gasteiger partial charge is 0.129 e. The van der Waals surface area contributed by atoms with Gasteiger partial charge in [0.2, 0.25) is 0 Å². The van der Waals surface area contributed by atoms with E-state index in [-0.39, 0.29) is 5.78 Å². The SMILES string of the molecule is CC(=O)CCCNc1ccc2c(c1)ncn2C. The van der Waals surface area contributed by atoms with Gasteiger partial charge in [-0.05, 0) is 31.5 Å². The van der Waals surface area contributed by atoms with Gasteiger partial charge >= 0.3 is 0 Å². The average Bonchev–Trinajstić information content (AvgIpc) is 2.66. The predicted molar refractivity (Wildman–Crippen MR) is 69.1 cm³/mol. The number of fused-ring (bicyclic) bond motifs is 1. The van der Waals surface area contributed by atoms with E-state index in [0.717, 1.165) is 29.7 Å². The van der Waals surface area contributed by atoms with Crippen LogP contribution >= 0.6 is 0 Å². The first kappa shape index (κ1) is 11.6. The van der Waals surface area contributed by atoms with Crippen molar-refractivity contribution >= 4 is 22.5 Å². The lowest BCUT2D eigenvalue weighted by Crippen LogP contribution is -2.03. The van der Waals surface area contributed by atoms with Crippen molar-refractivity contribution < 1.29 is 4.79 Å². The molecule has 0 fully saturated rings. The molecule has 0 aliphatic rings. The van der Waals surface area contributed by atoms with Crippen LogP contribution in [0.15, 0.2) is 24.5 Å².